The van der Waals surface area contributed by atoms with Crippen molar-refractivity contribution in [2.24, 2.45) is 5.92 Å². The molecule has 1 aromatic carbocycles. The quantitative estimate of drug-likeness (QED) is 0.624. The Hall–Kier alpha value is -2.20. The summed E-state index contributed by atoms with van der Waals surface area (Å²) >= 11 is 0. The fraction of sp³-hybridized carbons (Fsp3) is 0.522. The van der Waals surface area contributed by atoms with Gasteiger partial charge in [-0.15, -0.1) is 0 Å². The number of benzene rings is 1. The predicted molar refractivity (Wildman–Crippen MR) is 118 cm³/mol. The fourth-order valence-electron chi connectivity index (χ4n) is 4.50. The number of rotatable bonds is 7. The maximum atomic E-state index is 12.5. The molecule has 172 valence electrons. The second-order valence-corrected chi connectivity index (χ2v) is 11.1. The first kappa shape index (κ1) is 21.6. The summed E-state index contributed by atoms with van der Waals surface area (Å²) in [6.45, 7) is 4.21. The monoisotopic (exact) mass is 460 g/mol. The molecular weight excluding hydrogens is 432 g/mol. The largest absolute Gasteiger partial charge is 0.486 e. The lowest BCUT2D eigenvalue weighted by Crippen LogP contribution is -2.51. The number of sulfonamides is 1. The fourth-order valence-corrected chi connectivity index (χ4v) is 6.18. The van der Waals surface area contributed by atoms with Crippen molar-refractivity contribution in [1.82, 2.24) is 9.21 Å². The minimum atomic E-state index is -3.26. The van der Waals surface area contributed by atoms with E-state index in [9.17, 15) is 13.2 Å². The van der Waals surface area contributed by atoms with Crippen LogP contribution in [0.5, 0.6) is 5.75 Å². The highest BCUT2D eigenvalue weighted by Gasteiger charge is 2.38. The van der Waals surface area contributed by atoms with E-state index in [2.05, 4.69) is 17.0 Å². The number of ether oxygens (including phenoxy) is 2. The van der Waals surface area contributed by atoms with Crippen LogP contribution in [0.2, 0.25) is 0 Å². The Kier molecular flexibility index (Phi) is 6.07. The molecule has 2 aromatic rings. The van der Waals surface area contributed by atoms with Crippen LogP contribution in [0, 0.1) is 5.92 Å². The third kappa shape index (κ3) is 4.47. The number of hydrogen-bond acceptors (Lipinski definition) is 7. The molecule has 0 bridgehead atoms. The molecule has 32 heavy (non-hydrogen) atoms. The van der Waals surface area contributed by atoms with Crippen LogP contribution >= 0.6 is 0 Å². The van der Waals surface area contributed by atoms with Crippen LogP contribution in [0.1, 0.15) is 29.7 Å². The van der Waals surface area contributed by atoms with E-state index in [0.29, 0.717) is 58.1 Å². The molecular formula is C23H28N2O6S. The Labute approximate surface area is 187 Å². The third-order valence-electron chi connectivity index (χ3n) is 6.57. The van der Waals surface area contributed by atoms with Crippen LogP contribution in [0.4, 0.5) is 0 Å². The van der Waals surface area contributed by atoms with Gasteiger partial charge in [0.25, 0.3) is 0 Å². The Morgan fingerprint density at radius 2 is 1.75 bits per heavy atom. The van der Waals surface area contributed by atoms with Gasteiger partial charge in [-0.1, -0.05) is 24.3 Å². The van der Waals surface area contributed by atoms with Crippen LogP contribution in [-0.4, -0.2) is 55.8 Å². The normalized spacial score (nSPS) is 20.8. The van der Waals surface area contributed by atoms with E-state index in [1.54, 1.807) is 4.31 Å². The molecule has 0 radical (unpaired) electrons. The van der Waals surface area contributed by atoms with Crippen LogP contribution in [0.25, 0.3) is 0 Å². The summed E-state index contributed by atoms with van der Waals surface area (Å²) in [4.78, 5) is 14.7. The highest BCUT2D eigenvalue weighted by molar-refractivity contribution is 7.89. The van der Waals surface area contributed by atoms with Crippen LogP contribution < -0.4 is 10.2 Å². The number of piperidine rings is 1. The van der Waals surface area contributed by atoms with Gasteiger partial charge >= 0.3 is 0 Å². The topological polar surface area (TPSA) is 89.3 Å². The first-order valence-corrected chi connectivity index (χ1v) is 12.6. The summed E-state index contributed by atoms with van der Waals surface area (Å²) in [5.74, 6) is 1.04. The SMILES string of the molecule is O=c1cc(CN2Cc3ccccc3C2)occ1OCC1CCN(S(=O)(=O)C2COC2)CC1. The number of nitrogens with zero attached hydrogens (tertiary/aromatic N) is 2. The second-order valence-electron chi connectivity index (χ2n) is 8.85. The van der Waals surface area contributed by atoms with Gasteiger partial charge in [-0.2, -0.15) is 0 Å². The summed E-state index contributed by atoms with van der Waals surface area (Å²) < 4.78 is 43.0. The molecule has 3 aliphatic rings. The molecule has 0 atom stereocenters. The van der Waals surface area contributed by atoms with Gasteiger partial charge in [0.1, 0.15) is 17.3 Å². The van der Waals surface area contributed by atoms with Gasteiger partial charge in [-0.3, -0.25) is 9.69 Å². The Morgan fingerprint density at radius 1 is 1.06 bits per heavy atom. The van der Waals surface area contributed by atoms with Gasteiger partial charge in [0.2, 0.25) is 21.2 Å². The third-order valence-corrected chi connectivity index (χ3v) is 8.77. The maximum Gasteiger partial charge on any atom is 0.227 e. The van der Waals surface area contributed by atoms with Crippen LogP contribution in [-0.2, 0) is 34.4 Å². The van der Waals surface area contributed by atoms with Gasteiger partial charge in [-0.05, 0) is 29.9 Å². The average Bonchev–Trinajstić information content (AvgIpc) is 3.14. The highest BCUT2D eigenvalue weighted by Crippen LogP contribution is 2.26. The van der Waals surface area contributed by atoms with Crippen molar-refractivity contribution < 1.29 is 22.3 Å². The zero-order valence-corrected chi connectivity index (χ0v) is 18.8. The Morgan fingerprint density at radius 3 is 2.34 bits per heavy atom. The molecule has 4 heterocycles. The van der Waals surface area contributed by atoms with E-state index in [1.165, 1.54) is 23.5 Å². The van der Waals surface area contributed by atoms with Gasteiger partial charge in [0, 0.05) is 32.2 Å². The lowest BCUT2D eigenvalue weighted by Gasteiger charge is -2.36. The first-order valence-electron chi connectivity index (χ1n) is 11.1. The summed E-state index contributed by atoms with van der Waals surface area (Å²) in [5, 5.41) is -0.395. The highest BCUT2D eigenvalue weighted by atomic mass is 32.2. The van der Waals surface area contributed by atoms with Crippen molar-refractivity contribution in [2.45, 2.75) is 37.7 Å². The van der Waals surface area contributed by atoms with Crippen molar-refractivity contribution in [3.63, 3.8) is 0 Å². The molecule has 0 saturated carbocycles. The lowest BCUT2D eigenvalue weighted by molar-refractivity contribution is 0.0384. The van der Waals surface area contributed by atoms with E-state index in [1.807, 2.05) is 12.1 Å². The number of hydrogen-bond donors (Lipinski definition) is 0. The van der Waals surface area contributed by atoms with E-state index in [-0.39, 0.29) is 17.1 Å². The van der Waals surface area contributed by atoms with Gasteiger partial charge in [-0.25, -0.2) is 12.7 Å². The van der Waals surface area contributed by atoms with E-state index < -0.39 is 15.3 Å². The molecule has 1 aromatic heterocycles. The van der Waals surface area contributed by atoms with Crippen molar-refractivity contribution in [3.8, 4) is 5.75 Å². The average molecular weight is 461 g/mol. The Bertz CT molecular complexity index is 1090. The van der Waals surface area contributed by atoms with Crippen LogP contribution in [0.3, 0.4) is 0 Å². The molecule has 0 N–H and O–H groups in total. The van der Waals surface area contributed by atoms with Crippen molar-refractivity contribution in [3.05, 3.63) is 63.7 Å². The minimum absolute atomic E-state index is 0.187. The molecule has 8 nitrogen and oxygen atoms in total. The summed E-state index contributed by atoms with van der Waals surface area (Å²) in [6, 6.07) is 9.85. The standard InChI is InChI=1S/C23H28N2O6S/c26-22-9-20(12-24-10-18-3-1-2-4-19(18)11-24)30-16-23(22)31-13-17-5-7-25(8-6-17)32(27,28)21-14-29-15-21/h1-4,9,16-17,21H,5-8,10-15H2. The molecule has 0 amide bonds. The molecule has 9 heteroatoms. The van der Waals surface area contributed by atoms with E-state index in [4.69, 9.17) is 13.9 Å². The van der Waals surface area contributed by atoms with Crippen molar-refractivity contribution >= 4 is 10.0 Å². The van der Waals surface area contributed by atoms with Crippen LogP contribution in [0.15, 0.2) is 45.8 Å². The lowest BCUT2D eigenvalue weighted by atomic mass is 9.99. The Balaban J connectivity index is 1.11. The molecule has 0 unspecified atom stereocenters. The molecule has 2 fully saturated rings. The summed E-state index contributed by atoms with van der Waals surface area (Å²) in [7, 11) is -3.26. The molecule has 0 aliphatic carbocycles. The van der Waals surface area contributed by atoms with E-state index in [0.717, 1.165) is 13.1 Å². The maximum absolute atomic E-state index is 12.5. The molecule has 3 aliphatic heterocycles. The minimum Gasteiger partial charge on any atom is -0.486 e. The second kappa shape index (κ2) is 8.97. The molecule has 2 saturated heterocycles. The molecule has 5 rings (SSSR count). The van der Waals surface area contributed by atoms with Crippen molar-refractivity contribution in [2.75, 3.05) is 32.9 Å². The summed E-state index contributed by atoms with van der Waals surface area (Å²) in [5.41, 5.74) is 2.44. The van der Waals surface area contributed by atoms with Crippen molar-refractivity contribution in [1.29, 1.82) is 0 Å². The van der Waals surface area contributed by atoms with E-state index >= 15 is 0 Å². The first-order chi connectivity index (χ1) is 15.5. The van der Waals surface area contributed by atoms with Gasteiger partial charge in [0.05, 0.1) is 26.4 Å². The van der Waals surface area contributed by atoms with Gasteiger partial charge in [0.15, 0.2) is 0 Å². The number of fused-ring (bicyclic) bond motifs is 1. The zero-order chi connectivity index (χ0) is 22.1. The zero-order valence-electron chi connectivity index (χ0n) is 17.9. The smallest absolute Gasteiger partial charge is 0.227 e. The predicted octanol–water partition coefficient (Wildman–Crippen LogP) is 1.98. The van der Waals surface area contributed by atoms with Gasteiger partial charge < -0.3 is 13.9 Å². The summed E-state index contributed by atoms with van der Waals surface area (Å²) in [6.07, 6.45) is 2.83. The molecule has 0 spiro atoms.